The maximum absolute atomic E-state index is 14.0. The summed E-state index contributed by atoms with van der Waals surface area (Å²) in [7, 11) is -0.834. The molecule has 0 aliphatic rings. The summed E-state index contributed by atoms with van der Waals surface area (Å²) >= 11 is 7.16. The number of aryl methyl sites for hydroxylation is 1. The van der Waals surface area contributed by atoms with Gasteiger partial charge in [-0.05, 0) is 72.0 Å². The Morgan fingerprint density at radius 3 is 2.53 bits per heavy atom. The van der Waals surface area contributed by atoms with Crippen LogP contribution in [0.25, 0.3) is 22.0 Å². The van der Waals surface area contributed by atoms with Crippen molar-refractivity contribution in [1.29, 1.82) is 0 Å². The zero-order valence-corrected chi connectivity index (χ0v) is 23.1. The van der Waals surface area contributed by atoms with E-state index < -0.39 is 10.0 Å². The number of fused-ring (bicyclic) bond motifs is 1. The molecule has 0 saturated heterocycles. The van der Waals surface area contributed by atoms with Crippen molar-refractivity contribution in [2.75, 3.05) is 18.5 Å². The van der Waals surface area contributed by atoms with Crippen molar-refractivity contribution in [2.24, 2.45) is 0 Å². The molecule has 0 radical (unpaired) electrons. The van der Waals surface area contributed by atoms with Gasteiger partial charge in [-0.15, -0.1) is 0 Å². The molecular weight excluding hydrogens is 544 g/mol. The molecule has 0 saturated carbocycles. The second-order valence-electron chi connectivity index (χ2n) is 8.42. The molecule has 0 atom stereocenters. The van der Waals surface area contributed by atoms with Crippen LogP contribution in [0.5, 0.6) is 11.5 Å². The van der Waals surface area contributed by atoms with Crippen molar-refractivity contribution in [1.82, 2.24) is 14.3 Å². The largest absolute Gasteiger partial charge is 0.497 e. The van der Waals surface area contributed by atoms with E-state index in [1.807, 2.05) is 31.2 Å². The second-order valence-corrected chi connectivity index (χ2v) is 11.5. The zero-order valence-electron chi connectivity index (χ0n) is 20.8. The molecule has 11 heteroatoms. The van der Waals surface area contributed by atoms with E-state index in [1.165, 1.54) is 10.6 Å². The number of methoxy groups -OCH3 is 2. The molecule has 8 nitrogen and oxygen atoms in total. The average molecular weight is 567 g/mol. The Kier molecular flexibility index (Phi) is 7.20. The summed E-state index contributed by atoms with van der Waals surface area (Å²) in [5.74, 6) is 1.28. The Hall–Kier alpha value is -3.73. The summed E-state index contributed by atoms with van der Waals surface area (Å²) in [5, 5.41) is 2.32. The fourth-order valence-electron chi connectivity index (χ4n) is 4.18. The summed E-state index contributed by atoms with van der Waals surface area (Å²) in [6, 6.07) is 17.6. The number of benzene rings is 3. The van der Waals surface area contributed by atoms with E-state index >= 15 is 0 Å². The molecule has 5 rings (SSSR count). The van der Waals surface area contributed by atoms with Crippen LogP contribution in [0.1, 0.15) is 11.1 Å². The van der Waals surface area contributed by atoms with E-state index in [-0.39, 0.29) is 16.6 Å². The van der Waals surface area contributed by atoms with E-state index in [9.17, 15) is 8.42 Å². The van der Waals surface area contributed by atoms with Gasteiger partial charge < -0.3 is 9.47 Å². The van der Waals surface area contributed by atoms with E-state index in [0.717, 1.165) is 33.6 Å². The molecule has 0 amide bonds. The Balaban J connectivity index is 1.59. The minimum absolute atomic E-state index is 0.0922. The number of ether oxygens (including phenoxy) is 2. The lowest BCUT2D eigenvalue weighted by Gasteiger charge is -2.23. The molecule has 0 aliphatic heterocycles. The molecule has 0 fully saturated rings. The van der Waals surface area contributed by atoms with Crippen LogP contribution in [-0.2, 0) is 16.6 Å². The number of rotatable bonds is 8. The van der Waals surface area contributed by atoms with Crippen LogP contribution in [0.15, 0.2) is 78.1 Å². The molecule has 0 unspecified atom stereocenters. The number of pyridine rings is 1. The van der Waals surface area contributed by atoms with Crippen LogP contribution in [0.3, 0.4) is 0 Å². The molecule has 0 spiro atoms. The summed E-state index contributed by atoms with van der Waals surface area (Å²) in [5.41, 5.74) is 3.14. The zero-order chi connectivity index (χ0) is 26.9. The molecule has 0 aliphatic carbocycles. The first kappa shape index (κ1) is 25.9. The summed E-state index contributed by atoms with van der Waals surface area (Å²) in [6.45, 7) is 2.01. The van der Waals surface area contributed by atoms with Gasteiger partial charge in [-0.25, -0.2) is 17.7 Å². The third-order valence-corrected chi connectivity index (χ3v) is 8.94. The molecule has 0 bridgehead atoms. The summed E-state index contributed by atoms with van der Waals surface area (Å²) in [4.78, 5) is 8.89. The number of anilines is 1. The van der Waals surface area contributed by atoms with Crippen molar-refractivity contribution in [3.63, 3.8) is 0 Å². The van der Waals surface area contributed by atoms with Crippen LogP contribution in [0, 0.1) is 6.92 Å². The lowest BCUT2D eigenvalue weighted by Crippen LogP contribution is -2.30. The summed E-state index contributed by atoms with van der Waals surface area (Å²) in [6.07, 6.45) is 2.99. The Morgan fingerprint density at radius 1 is 0.974 bits per heavy atom. The predicted molar refractivity (Wildman–Crippen MR) is 150 cm³/mol. The van der Waals surface area contributed by atoms with E-state index in [0.29, 0.717) is 27.6 Å². The molecule has 194 valence electrons. The third-order valence-electron chi connectivity index (χ3n) is 6.17. The van der Waals surface area contributed by atoms with Gasteiger partial charge in [-0.1, -0.05) is 23.7 Å². The topological polar surface area (TPSA) is 94.5 Å². The van der Waals surface area contributed by atoms with Gasteiger partial charge in [0.1, 0.15) is 17.8 Å². The molecule has 38 heavy (non-hydrogen) atoms. The first-order valence-electron chi connectivity index (χ1n) is 11.5. The Labute approximate surface area is 229 Å². The highest BCUT2D eigenvalue weighted by molar-refractivity contribution is 7.93. The highest BCUT2D eigenvalue weighted by atomic mass is 35.5. The van der Waals surface area contributed by atoms with Gasteiger partial charge >= 0.3 is 0 Å². The van der Waals surface area contributed by atoms with Gasteiger partial charge in [0.2, 0.25) is 5.13 Å². The van der Waals surface area contributed by atoms with Gasteiger partial charge in [-0.2, -0.15) is 4.37 Å². The predicted octanol–water partition coefficient (Wildman–Crippen LogP) is 6.13. The molecule has 2 heterocycles. The number of nitrogens with zero attached hydrogens (tertiary/aromatic N) is 4. The first-order chi connectivity index (χ1) is 18.3. The van der Waals surface area contributed by atoms with Crippen LogP contribution in [-0.4, -0.2) is 37.0 Å². The molecular formula is C27H23ClN4O4S2. The quantitative estimate of drug-likeness (QED) is 0.223. The fourth-order valence-corrected chi connectivity index (χ4v) is 6.51. The van der Waals surface area contributed by atoms with E-state index in [4.69, 9.17) is 21.1 Å². The highest BCUT2D eigenvalue weighted by Crippen LogP contribution is 2.36. The van der Waals surface area contributed by atoms with Crippen LogP contribution in [0.4, 0.5) is 5.13 Å². The third kappa shape index (κ3) is 4.90. The minimum Gasteiger partial charge on any atom is -0.497 e. The van der Waals surface area contributed by atoms with Crippen molar-refractivity contribution in [2.45, 2.75) is 18.4 Å². The Bertz CT molecular complexity index is 1730. The number of hydrogen-bond donors (Lipinski definition) is 0. The maximum atomic E-state index is 14.0. The van der Waals surface area contributed by atoms with Gasteiger partial charge in [0.15, 0.2) is 0 Å². The standard InChI is InChI=1S/C27H23ClN4O4S2/c1-17-12-21(35-2)6-4-19(17)15-32(27-30-16-31-37-27)38(33,34)22-7-9-23-18(13-22)10-11-29-26(23)24-8-5-20(28)14-25(24)36-3/h4-14,16H,15H2,1-3H3. The van der Waals surface area contributed by atoms with Crippen molar-refractivity contribution in [3.05, 3.63) is 89.3 Å². The molecule has 3 aromatic carbocycles. The van der Waals surface area contributed by atoms with Gasteiger partial charge in [0.25, 0.3) is 10.0 Å². The Morgan fingerprint density at radius 2 is 1.82 bits per heavy atom. The molecule has 0 N–H and O–H groups in total. The first-order valence-corrected chi connectivity index (χ1v) is 14.1. The number of halogens is 1. The number of hydrogen-bond acceptors (Lipinski definition) is 8. The van der Waals surface area contributed by atoms with Crippen molar-refractivity contribution >= 4 is 49.1 Å². The monoisotopic (exact) mass is 566 g/mol. The smallest absolute Gasteiger partial charge is 0.266 e. The highest BCUT2D eigenvalue weighted by Gasteiger charge is 2.28. The summed E-state index contributed by atoms with van der Waals surface area (Å²) < 4.78 is 44.1. The van der Waals surface area contributed by atoms with Gasteiger partial charge in [0, 0.05) is 33.7 Å². The van der Waals surface area contributed by atoms with E-state index in [2.05, 4.69) is 14.3 Å². The van der Waals surface area contributed by atoms with Gasteiger partial charge in [0.05, 0.1) is 31.4 Å². The normalized spacial score (nSPS) is 11.5. The lowest BCUT2D eigenvalue weighted by molar-refractivity contribution is 0.414. The number of sulfonamides is 1. The van der Waals surface area contributed by atoms with Crippen LogP contribution >= 0.6 is 23.1 Å². The lowest BCUT2D eigenvalue weighted by atomic mass is 10.0. The van der Waals surface area contributed by atoms with Crippen LogP contribution < -0.4 is 13.8 Å². The van der Waals surface area contributed by atoms with E-state index in [1.54, 1.807) is 56.8 Å². The maximum Gasteiger partial charge on any atom is 0.266 e. The molecule has 2 aromatic heterocycles. The van der Waals surface area contributed by atoms with Gasteiger partial charge in [-0.3, -0.25) is 4.98 Å². The fraction of sp³-hybridized carbons (Fsp3) is 0.148. The molecule has 5 aromatic rings. The number of aromatic nitrogens is 3. The minimum atomic E-state index is -3.99. The average Bonchev–Trinajstić information content (AvgIpc) is 3.46. The van der Waals surface area contributed by atoms with Crippen LogP contribution in [0.2, 0.25) is 5.02 Å². The van der Waals surface area contributed by atoms with Crippen molar-refractivity contribution < 1.29 is 17.9 Å². The SMILES string of the molecule is COc1ccc(CN(c2ncns2)S(=O)(=O)c2ccc3c(-c4ccc(Cl)cc4OC)nccc3c2)c(C)c1. The second kappa shape index (κ2) is 10.6. The van der Waals surface area contributed by atoms with Crippen molar-refractivity contribution in [3.8, 4) is 22.8 Å².